The number of carbonyl (C=O) groups is 1. The number of likely N-dealkylation sites (tertiary alicyclic amines) is 1. The average molecular weight is 381 g/mol. The molecule has 0 radical (unpaired) electrons. The number of benzene rings is 2. The van der Waals surface area contributed by atoms with Gasteiger partial charge < -0.3 is 23.8 Å². The number of para-hydroxylation sites is 2. The number of hydrogen-bond acceptors (Lipinski definition) is 5. The molecule has 2 aromatic carbocycles. The van der Waals surface area contributed by atoms with Crippen molar-refractivity contribution in [2.75, 3.05) is 20.2 Å². The van der Waals surface area contributed by atoms with E-state index >= 15 is 0 Å². The van der Waals surface area contributed by atoms with Crippen molar-refractivity contribution in [3.05, 3.63) is 53.6 Å². The van der Waals surface area contributed by atoms with Crippen LogP contribution < -0.4 is 14.2 Å². The Hall–Kier alpha value is -2.73. The molecule has 5 rings (SSSR count). The van der Waals surface area contributed by atoms with Crippen LogP contribution in [0.4, 0.5) is 0 Å². The first-order valence-corrected chi connectivity index (χ1v) is 9.70. The molecule has 1 saturated heterocycles. The molecule has 0 N–H and O–H groups in total. The van der Waals surface area contributed by atoms with Crippen LogP contribution in [-0.2, 0) is 22.6 Å². The molecule has 1 atom stereocenters. The van der Waals surface area contributed by atoms with Crippen LogP contribution in [0, 0.1) is 0 Å². The van der Waals surface area contributed by atoms with Gasteiger partial charge in [-0.25, -0.2) is 0 Å². The normalized spacial score (nSPS) is 22.0. The fourth-order valence-electron chi connectivity index (χ4n) is 4.21. The van der Waals surface area contributed by atoms with Crippen molar-refractivity contribution in [2.45, 2.75) is 37.8 Å². The van der Waals surface area contributed by atoms with Crippen LogP contribution in [0.15, 0.2) is 42.5 Å². The predicted octanol–water partition coefficient (Wildman–Crippen LogP) is 2.93. The van der Waals surface area contributed by atoms with Crippen molar-refractivity contribution in [3.63, 3.8) is 0 Å². The molecule has 28 heavy (non-hydrogen) atoms. The van der Waals surface area contributed by atoms with Crippen LogP contribution in [0.25, 0.3) is 0 Å². The van der Waals surface area contributed by atoms with Gasteiger partial charge in [0.2, 0.25) is 5.79 Å². The van der Waals surface area contributed by atoms with Crippen LogP contribution in [0.2, 0.25) is 0 Å². The summed E-state index contributed by atoms with van der Waals surface area (Å²) in [6, 6.07) is 13.7. The minimum atomic E-state index is -0.697. The van der Waals surface area contributed by atoms with Crippen LogP contribution in [0.3, 0.4) is 0 Å². The molecule has 2 aromatic rings. The minimum Gasteiger partial charge on any atom is -0.493 e. The Balaban J connectivity index is 1.25. The SMILES string of the molecule is COc1cccc2c1OC1(CCN(C(=O)C3Cc4ccccc4O3)CC1)OC2. The lowest BCUT2D eigenvalue weighted by atomic mass is 10.00. The van der Waals surface area contributed by atoms with Crippen molar-refractivity contribution in [1.82, 2.24) is 4.90 Å². The molecule has 6 nitrogen and oxygen atoms in total. The number of carbonyl (C=O) groups excluding carboxylic acids is 1. The number of rotatable bonds is 2. The fourth-order valence-corrected chi connectivity index (χ4v) is 4.21. The highest BCUT2D eigenvalue weighted by Crippen LogP contribution is 2.42. The van der Waals surface area contributed by atoms with Gasteiger partial charge in [-0.1, -0.05) is 30.3 Å². The third kappa shape index (κ3) is 2.88. The van der Waals surface area contributed by atoms with Gasteiger partial charge in [-0.15, -0.1) is 0 Å². The molecule has 6 heteroatoms. The zero-order chi connectivity index (χ0) is 19.1. The summed E-state index contributed by atoms with van der Waals surface area (Å²) in [7, 11) is 1.64. The van der Waals surface area contributed by atoms with E-state index in [1.807, 2.05) is 47.4 Å². The molecule has 1 spiro atoms. The zero-order valence-electron chi connectivity index (χ0n) is 15.8. The Morgan fingerprint density at radius 2 is 1.89 bits per heavy atom. The molecule has 3 aliphatic rings. The molecule has 1 amide bonds. The summed E-state index contributed by atoms with van der Waals surface area (Å²) < 4.78 is 23.7. The maximum absolute atomic E-state index is 12.9. The van der Waals surface area contributed by atoms with E-state index in [0.717, 1.165) is 28.4 Å². The second-order valence-corrected chi connectivity index (χ2v) is 7.49. The van der Waals surface area contributed by atoms with Crippen LogP contribution in [0.1, 0.15) is 24.0 Å². The zero-order valence-corrected chi connectivity index (χ0v) is 15.8. The highest BCUT2D eigenvalue weighted by molar-refractivity contribution is 5.82. The van der Waals surface area contributed by atoms with Crippen molar-refractivity contribution >= 4 is 5.91 Å². The molecule has 1 unspecified atom stereocenters. The summed E-state index contributed by atoms with van der Waals surface area (Å²) in [5.41, 5.74) is 2.08. The van der Waals surface area contributed by atoms with Crippen LogP contribution in [-0.4, -0.2) is 42.9 Å². The van der Waals surface area contributed by atoms with Crippen LogP contribution in [0.5, 0.6) is 17.2 Å². The van der Waals surface area contributed by atoms with E-state index in [4.69, 9.17) is 18.9 Å². The third-order valence-electron chi connectivity index (χ3n) is 5.82. The molecule has 0 bridgehead atoms. The second-order valence-electron chi connectivity index (χ2n) is 7.49. The van der Waals surface area contributed by atoms with Crippen LogP contribution >= 0.6 is 0 Å². The molecular formula is C22H23NO5. The molecule has 0 saturated carbocycles. The van der Waals surface area contributed by atoms with Crippen molar-refractivity contribution < 1.29 is 23.7 Å². The topological polar surface area (TPSA) is 57.2 Å². The third-order valence-corrected chi connectivity index (χ3v) is 5.82. The average Bonchev–Trinajstić information content (AvgIpc) is 3.18. The monoisotopic (exact) mass is 381 g/mol. The Morgan fingerprint density at radius 1 is 1.11 bits per heavy atom. The maximum Gasteiger partial charge on any atom is 0.264 e. The molecule has 146 valence electrons. The number of amides is 1. The summed E-state index contributed by atoms with van der Waals surface area (Å²) in [6.45, 7) is 1.65. The second kappa shape index (κ2) is 6.71. The molecule has 3 heterocycles. The number of hydrogen-bond donors (Lipinski definition) is 0. The van der Waals surface area contributed by atoms with Gasteiger partial charge in [-0.3, -0.25) is 4.79 Å². The van der Waals surface area contributed by atoms with Gasteiger partial charge in [-0.05, 0) is 17.7 Å². The Labute approximate surface area is 163 Å². The first-order valence-electron chi connectivity index (χ1n) is 9.70. The van der Waals surface area contributed by atoms with Gasteiger partial charge in [0, 0.05) is 37.9 Å². The van der Waals surface area contributed by atoms with E-state index in [2.05, 4.69) is 0 Å². The van der Waals surface area contributed by atoms with E-state index in [9.17, 15) is 4.79 Å². The highest BCUT2D eigenvalue weighted by Gasteiger charge is 2.44. The minimum absolute atomic E-state index is 0.0415. The van der Waals surface area contributed by atoms with E-state index in [1.165, 1.54) is 0 Å². The standard InChI is InChI=1S/C22H23NO5/c1-25-18-8-4-6-16-14-26-22(28-20(16)18)9-11-23(12-10-22)21(24)19-13-15-5-2-3-7-17(15)27-19/h2-8,19H,9-14H2,1H3. The first kappa shape index (κ1) is 17.4. The lowest BCUT2D eigenvalue weighted by Crippen LogP contribution is -2.54. The fraction of sp³-hybridized carbons (Fsp3) is 0.409. The van der Waals surface area contributed by atoms with Gasteiger partial charge in [0.25, 0.3) is 5.91 Å². The van der Waals surface area contributed by atoms with Gasteiger partial charge >= 0.3 is 0 Å². The van der Waals surface area contributed by atoms with Crippen molar-refractivity contribution in [3.8, 4) is 17.2 Å². The Kier molecular flexibility index (Phi) is 4.16. The molecule has 0 aromatic heterocycles. The molecule has 1 fully saturated rings. The van der Waals surface area contributed by atoms with Gasteiger partial charge in [-0.2, -0.15) is 0 Å². The lowest BCUT2D eigenvalue weighted by molar-refractivity contribution is -0.228. The Bertz CT molecular complexity index is 864. The first-order chi connectivity index (χ1) is 13.7. The smallest absolute Gasteiger partial charge is 0.264 e. The summed E-state index contributed by atoms with van der Waals surface area (Å²) in [5, 5.41) is 0. The summed E-state index contributed by atoms with van der Waals surface area (Å²) >= 11 is 0. The Morgan fingerprint density at radius 3 is 2.68 bits per heavy atom. The summed E-state index contributed by atoms with van der Waals surface area (Å²) in [6.07, 6.45) is 1.44. The number of nitrogens with zero attached hydrogens (tertiary/aromatic N) is 1. The van der Waals surface area contributed by atoms with Gasteiger partial charge in [0.15, 0.2) is 17.6 Å². The lowest BCUT2D eigenvalue weighted by Gasteiger charge is -2.44. The van der Waals surface area contributed by atoms with E-state index in [1.54, 1.807) is 7.11 Å². The van der Waals surface area contributed by atoms with E-state index < -0.39 is 11.9 Å². The number of piperidine rings is 1. The number of fused-ring (bicyclic) bond motifs is 2. The van der Waals surface area contributed by atoms with Gasteiger partial charge in [0.1, 0.15) is 5.75 Å². The maximum atomic E-state index is 12.9. The molecule has 3 aliphatic heterocycles. The van der Waals surface area contributed by atoms with Crippen molar-refractivity contribution in [1.29, 1.82) is 0 Å². The van der Waals surface area contributed by atoms with Crippen molar-refractivity contribution in [2.24, 2.45) is 0 Å². The van der Waals surface area contributed by atoms with E-state index in [0.29, 0.717) is 39.0 Å². The quantitative estimate of drug-likeness (QED) is 0.801. The number of methoxy groups -OCH3 is 1. The number of ether oxygens (including phenoxy) is 4. The molecular weight excluding hydrogens is 358 g/mol. The predicted molar refractivity (Wildman–Crippen MR) is 102 cm³/mol. The summed E-state index contributed by atoms with van der Waals surface area (Å²) in [4.78, 5) is 14.8. The van der Waals surface area contributed by atoms with Gasteiger partial charge in [0.05, 0.1) is 13.7 Å². The highest BCUT2D eigenvalue weighted by atomic mass is 16.7. The molecule has 0 aliphatic carbocycles. The summed E-state index contributed by atoms with van der Waals surface area (Å²) in [5.74, 6) is 1.64. The van der Waals surface area contributed by atoms with E-state index in [-0.39, 0.29) is 5.91 Å². The largest absolute Gasteiger partial charge is 0.493 e.